The number of hydrogen-bond donors (Lipinski definition) is 2. The normalized spacial score (nSPS) is 6.00. The predicted octanol–water partition coefficient (Wildman–Crippen LogP) is -5.92. The van der Waals surface area contributed by atoms with Gasteiger partial charge in [0, 0.05) is 0 Å². The third kappa shape index (κ3) is 272. The fraction of sp³-hybridized carbons (Fsp3) is 0. The molecule has 0 aromatic heterocycles. The Labute approximate surface area is 56.3 Å². The van der Waals surface area contributed by atoms with E-state index in [1.807, 2.05) is 0 Å². The molecule has 0 atom stereocenters. The lowest BCUT2D eigenvalue weighted by atomic mass is 15.8. The van der Waals surface area contributed by atoms with Crippen molar-refractivity contribution in [3.8, 4) is 0 Å². The van der Waals surface area contributed by atoms with Gasteiger partial charge in [-0.25, -0.2) is 0 Å². The van der Waals surface area contributed by atoms with Crippen LogP contribution in [0.2, 0.25) is 0 Å². The second-order valence-electron chi connectivity index (χ2n) is 0.408. The quantitative estimate of drug-likeness (QED) is 0.360. The van der Waals surface area contributed by atoms with Crippen molar-refractivity contribution in [2.24, 2.45) is 0 Å². The summed E-state index contributed by atoms with van der Waals surface area (Å²) in [6.07, 6.45) is 0. The van der Waals surface area contributed by atoms with Crippen LogP contribution in [0.1, 0.15) is 0 Å². The molecule has 0 fully saturated rings. The van der Waals surface area contributed by atoms with Crippen molar-refractivity contribution in [3.05, 3.63) is 0 Å². The molecule has 0 rings (SSSR count). The molecule has 0 saturated carbocycles. The highest BCUT2D eigenvalue weighted by Crippen LogP contribution is 1.20. The minimum absolute atomic E-state index is 0.306. The zero-order valence-electron chi connectivity index (χ0n) is 5.30. The third-order valence-corrected chi connectivity index (χ3v) is 0. The van der Waals surface area contributed by atoms with Crippen molar-refractivity contribution in [3.63, 3.8) is 0 Å². The van der Waals surface area contributed by atoms with Crippen LogP contribution in [0, 0.1) is 0 Å². The largest absolute Gasteiger partial charge is 0.471 e. The van der Waals surface area contributed by atoms with Gasteiger partial charge in [-0.1, -0.05) is 0 Å². The first-order chi connectivity index (χ1) is 3.41. The van der Waals surface area contributed by atoms with E-state index in [0.29, 0.717) is 21.0 Å². The average Bonchev–Trinajstić information content (AvgIpc) is 1.78. The van der Waals surface area contributed by atoms with Gasteiger partial charge in [-0.2, -0.15) is 0 Å². The summed E-state index contributed by atoms with van der Waals surface area (Å²) in [5, 5.41) is 0. The van der Waals surface area contributed by atoms with Crippen LogP contribution >= 0.6 is 0 Å². The monoisotopic (exact) mass is 174 g/mol. The van der Waals surface area contributed by atoms with Crippen molar-refractivity contribution in [2.45, 2.75) is 0 Å². The van der Waals surface area contributed by atoms with E-state index in [1.54, 1.807) is 0 Å². The Bertz CT molecular complexity index is 6.90. The second-order valence-corrected chi connectivity index (χ2v) is 3.67. The summed E-state index contributed by atoms with van der Waals surface area (Å²) in [6.45, 7) is 0. The van der Waals surface area contributed by atoms with Gasteiger partial charge in [0.25, 0.3) is 0 Å². The lowest BCUT2D eigenvalue weighted by Gasteiger charge is -1.62. The van der Waals surface area contributed by atoms with Gasteiger partial charge in [-0.05, 0) is 0 Å². The first-order valence-electron chi connectivity index (χ1n) is 1.71. The molecule has 0 saturated heterocycles. The maximum atomic E-state index is 7.14. The SMILES string of the molecule is O[SiH3].O[SiH3].[SiH3]O[SiH3]. The Morgan fingerprint density at radius 1 is 0.857 bits per heavy atom. The van der Waals surface area contributed by atoms with E-state index in [1.165, 1.54) is 0 Å². The van der Waals surface area contributed by atoms with Crippen LogP contribution in [0.3, 0.4) is 0 Å². The maximum Gasteiger partial charge on any atom is 0.141 e. The van der Waals surface area contributed by atoms with E-state index in [9.17, 15) is 0 Å². The van der Waals surface area contributed by atoms with E-state index < -0.39 is 0 Å². The fourth-order valence-electron chi connectivity index (χ4n) is 0. The van der Waals surface area contributed by atoms with Gasteiger partial charge in [0.1, 0.15) is 41.9 Å². The van der Waals surface area contributed by atoms with E-state index in [4.69, 9.17) is 9.59 Å². The topological polar surface area (TPSA) is 49.7 Å². The minimum atomic E-state index is 0.306. The molecule has 0 aliphatic carbocycles. The Balaban J connectivity index is -0.0000000360. The lowest BCUT2D eigenvalue weighted by Crippen LogP contribution is -1.65. The number of hydrogen-bond acceptors (Lipinski definition) is 3. The summed E-state index contributed by atoms with van der Waals surface area (Å²) in [5.74, 6) is 0. The van der Waals surface area contributed by atoms with Crippen LogP contribution in [0.15, 0.2) is 0 Å². The highest BCUT2D eigenvalue weighted by Gasteiger charge is 1.28. The molecule has 7 heavy (non-hydrogen) atoms. The van der Waals surface area contributed by atoms with Gasteiger partial charge < -0.3 is 13.7 Å². The summed E-state index contributed by atoms with van der Waals surface area (Å²) >= 11 is 0. The van der Waals surface area contributed by atoms with Crippen LogP contribution in [0.4, 0.5) is 0 Å². The van der Waals surface area contributed by atoms with Gasteiger partial charge in [-0.3, -0.25) is 0 Å². The molecule has 0 radical (unpaired) electrons. The van der Waals surface area contributed by atoms with Crippen LogP contribution in [0.25, 0.3) is 0 Å². The number of rotatable bonds is 0. The summed E-state index contributed by atoms with van der Waals surface area (Å²) in [5.41, 5.74) is 0. The Morgan fingerprint density at radius 3 is 0.857 bits per heavy atom. The van der Waals surface area contributed by atoms with Crippen molar-refractivity contribution >= 4 is 41.9 Å². The van der Waals surface area contributed by atoms with Crippen LogP contribution in [-0.2, 0) is 4.12 Å². The molecule has 2 N–H and O–H groups in total. The Morgan fingerprint density at radius 2 is 0.857 bits per heavy atom. The zero-order chi connectivity index (χ0) is 6.71. The minimum Gasteiger partial charge on any atom is -0.471 e. The molecular weight excluding hydrogens is 160 g/mol. The average molecular weight is 174 g/mol. The molecule has 0 heterocycles. The van der Waals surface area contributed by atoms with Crippen LogP contribution in [-0.4, -0.2) is 51.5 Å². The van der Waals surface area contributed by atoms with E-state index in [0.717, 1.165) is 21.0 Å². The summed E-state index contributed by atoms with van der Waals surface area (Å²) in [6, 6.07) is 0. The van der Waals surface area contributed by atoms with Crippen LogP contribution in [0.5, 0.6) is 0 Å². The standard InChI is InChI=1S/H6OSi2.2H4OSi/c2-1-3;2*1-2/h2-3H3;2*1H,2H3. The van der Waals surface area contributed by atoms with Gasteiger partial charge in [0.2, 0.25) is 0 Å². The highest BCUT2D eigenvalue weighted by molar-refractivity contribution is 6.15. The molecule has 0 aromatic rings. The Hall–Kier alpha value is 0.748. The molecule has 0 bridgehead atoms. The lowest BCUT2D eigenvalue weighted by molar-refractivity contribution is 0.628. The molecule has 0 spiro atoms. The zero-order valence-corrected chi connectivity index (χ0v) is 13.3. The molecule has 0 aliphatic heterocycles. The predicted molar refractivity (Wildman–Crippen MR) is 45.3 cm³/mol. The summed E-state index contributed by atoms with van der Waals surface area (Å²) in [7, 11) is 2.47. The van der Waals surface area contributed by atoms with Gasteiger partial charge in [0.05, 0.1) is 0 Å². The van der Waals surface area contributed by atoms with E-state index in [2.05, 4.69) is 4.12 Å². The molecule has 0 aliphatic rings. The van der Waals surface area contributed by atoms with E-state index >= 15 is 0 Å². The second kappa shape index (κ2) is 73.0. The molecule has 0 aromatic carbocycles. The van der Waals surface area contributed by atoms with Gasteiger partial charge >= 0.3 is 0 Å². The third-order valence-electron chi connectivity index (χ3n) is 0. The van der Waals surface area contributed by atoms with Crippen molar-refractivity contribution in [2.75, 3.05) is 0 Å². The molecule has 48 valence electrons. The molecule has 7 heteroatoms. The molecule has 3 nitrogen and oxygen atoms in total. The smallest absolute Gasteiger partial charge is 0.141 e. The fourth-order valence-corrected chi connectivity index (χ4v) is 0. The van der Waals surface area contributed by atoms with Crippen molar-refractivity contribution in [1.82, 2.24) is 0 Å². The Kier molecular flexibility index (Phi) is 163. The first kappa shape index (κ1) is 15.7. The van der Waals surface area contributed by atoms with Gasteiger partial charge in [-0.15, -0.1) is 0 Å². The first-order valence-corrected chi connectivity index (χ1v) is 5.13. The van der Waals surface area contributed by atoms with Crippen molar-refractivity contribution < 1.29 is 13.7 Å². The summed E-state index contributed by atoms with van der Waals surface area (Å²) < 4.78 is 4.53. The maximum absolute atomic E-state index is 7.14. The van der Waals surface area contributed by atoms with Crippen LogP contribution < -0.4 is 0 Å². The summed E-state index contributed by atoms with van der Waals surface area (Å²) in [4.78, 5) is 14.3. The molecule has 0 amide bonds. The molecule has 0 unspecified atom stereocenters. The van der Waals surface area contributed by atoms with E-state index in [-0.39, 0.29) is 0 Å². The molecular formula is H14O3Si4. The van der Waals surface area contributed by atoms with Gasteiger partial charge in [0.15, 0.2) is 0 Å². The highest BCUT2D eigenvalue weighted by atomic mass is 28.3. The van der Waals surface area contributed by atoms with Crippen molar-refractivity contribution in [1.29, 1.82) is 0 Å².